The van der Waals surface area contributed by atoms with Gasteiger partial charge in [0.05, 0.1) is 29.8 Å². The number of anilines is 1. The van der Waals surface area contributed by atoms with E-state index in [1.54, 1.807) is 49.6 Å². The first-order valence-corrected chi connectivity index (χ1v) is 25.2. The van der Waals surface area contributed by atoms with Gasteiger partial charge in [-0.3, -0.25) is 9.59 Å². The number of nitrogens with one attached hydrogen (secondary N) is 4. The highest BCUT2D eigenvalue weighted by Crippen LogP contribution is 2.46. The fourth-order valence-electron chi connectivity index (χ4n) is 9.12. The van der Waals surface area contributed by atoms with Gasteiger partial charge in [0.15, 0.2) is 5.13 Å². The number of carboxylic acids is 1. The molecule has 0 bridgehead atoms. The number of allylic oxidation sites excluding steroid dienone is 1. The third-order valence-electron chi connectivity index (χ3n) is 13.1. The third-order valence-corrected chi connectivity index (χ3v) is 15.7. The minimum Gasteiger partial charge on any atom is -0.497 e. The molecular weight excluding hydrogens is 897 g/mol. The molecule has 17 nitrogen and oxygen atoms in total. The number of amides is 4. The summed E-state index contributed by atoms with van der Waals surface area (Å²) in [5, 5.41) is 25.8. The van der Waals surface area contributed by atoms with E-state index in [9.17, 15) is 27.9 Å². The fraction of sp³-hybridized carbons (Fsp3) is 0.500. The predicted octanol–water partition coefficient (Wildman–Crippen LogP) is 6.30. The largest absolute Gasteiger partial charge is 0.497 e. The summed E-state index contributed by atoms with van der Waals surface area (Å²) in [7, 11) is -2.23. The van der Waals surface area contributed by atoms with Gasteiger partial charge in [0.2, 0.25) is 21.8 Å². The number of fused-ring (bicyclic) bond motifs is 4. The number of ether oxygens (including phenoxy) is 2. The summed E-state index contributed by atoms with van der Waals surface area (Å²) in [5.74, 6) is -1.69. The van der Waals surface area contributed by atoms with Gasteiger partial charge in [-0.15, -0.1) is 11.3 Å². The maximum Gasteiger partial charge on any atom is 0.330 e. The lowest BCUT2D eigenvalue weighted by atomic mass is 9.86. The van der Waals surface area contributed by atoms with Crippen molar-refractivity contribution in [2.75, 3.05) is 25.5 Å². The zero-order valence-electron chi connectivity index (χ0n) is 38.7. The second-order valence-electron chi connectivity index (χ2n) is 19.3. The molecular formula is C48H60N8O9S2. The van der Waals surface area contributed by atoms with E-state index in [2.05, 4.69) is 21.3 Å². The van der Waals surface area contributed by atoms with E-state index < -0.39 is 74.9 Å². The zero-order chi connectivity index (χ0) is 47.8. The molecule has 3 aliphatic heterocycles. The maximum absolute atomic E-state index is 15.0. The van der Waals surface area contributed by atoms with E-state index in [-0.39, 0.29) is 49.8 Å². The standard InChI is InChI=1S/C48H60N8O9S2/c1-28(2)49-46-52-37(27-66-46)36-22-39(33-19-18-31(64-6)20-35(33)50-36)65-32-21-38-42(57)54-48(44(59)60)23-30(48)15-10-8-7-9-11-16-34(43(58)56(38)25-32)51-45(61)53-41(47(3,4)5)26-55-24-29-14-12-13-17-40(29)67(55,62)63/h10,12-15,17-20,22,27-28,30,32,34,38,41H,7-9,11,16,21,23-26H2,1-6H3,(H,49,52)(H,54,57)(H,59,60)(H2,51,53,61)/b15-10-/t30?,32-,34-,38+,41-,48-/m1/s1. The molecule has 4 aliphatic rings. The number of pyridine rings is 1. The van der Waals surface area contributed by atoms with Crippen LogP contribution in [0.25, 0.3) is 22.3 Å². The third kappa shape index (κ3) is 10.2. The van der Waals surface area contributed by atoms with Crippen molar-refractivity contribution < 1.29 is 42.2 Å². The van der Waals surface area contributed by atoms with Crippen molar-refractivity contribution in [1.29, 1.82) is 0 Å². The van der Waals surface area contributed by atoms with Crippen molar-refractivity contribution in [3.8, 4) is 22.9 Å². The Morgan fingerprint density at radius 2 is 1.85 bits per heavy atom. The quantitative estimate of drug-likeness (QED) is 0.105. The molecule has 19 heteroatoms. The number of benzene rings is 2. The van der Waals surface area contributed by atoms with Gasteiger partial charge in [0.1, 0.15) is 40.9 Å². The second kappa shape index (κ2) is 19.1. The molecule has 6 atom stereocenters. The summed E-state index contributed by atoms with van der Waals surface area (Å²) in [5.41, 5.74) is 0.302. The topological polar surface area (TPSA) is 221 Å². The lowest BCUT2D eigenvalue weighted by Gasteiger charge is -2.35. The van der Waals surface area contributed by atoms with Gasteiger partial charge >= 0.3 is 12.0 Å². The van der Waals surface area contributed by atoms with Gasteiger partial charge in [0.25, 0.3) is 0 Å². The fourth-order valence-corrected chi connectivity index (χ4v) is 11.6. The number of nitrogens with zero attached hydrogens (tertiary/aromatic N) is 4. The predicted molar refractivity (Wildman–Crippen MR) is 254 cm³/mol. The molecule has 1 aliphatic carbocycles. The summed E-state index contributed by atoms with van der Waals surface area (Å²) in [4.78, 5) is 67.7. The van der Waals surface area contributed by atoms with Gasteiger partial charge in [0, 0.05) is 60.4 Å². The molecule has 1 saturated heterocycles. The van der Waals surface area contributed by atoms with Crippen molar-refractivity contribution in [3.05, 3.63) is 71.6 Å². The summed E-state index contributed by atoms with van der Waals surface area (Å²) in [6.07, 6.45) is 6.33. The van der Waals surface area contributed by atoms with Crippen LogP contribution in [0.1, 0.15) is 85.1 Å². The lowest BCUT2D eigenvalue weighted by molar-refractivity contribution is -0.145. The van der Waals surface area contributed by atoms with Crippen LogP contribution in [0, 0.1) is 11.3 Å². The van der Waals surface area contributed by atoms with Crippen LogP contribution < -0.4 is 30.7 Å². The molecule has 2 fully saturated rings. The van der Waals surface area contributed by atoms with Crippen LogP contribution in [-0.4, -0.2) is 113 Å². The monoisotopic (exact) mass is 956 g/mol. The Kier molecular flexibility index (Phi) is 13.6. The van der Waals surface area contributed by atoms with E-state index in [4.69, 9.17) is 19.4 Å². The van der Waals surface area contributed by atoms with Gasteiger partial charge in [-0.1, -0.05) is 64.0 Å². The number of aliphatic carboxylic acids is 1. The summed E-state index contributed by atoms with van der Waals surface area (Å²) in [6, 6.07) is 10.7. The summed E-state index contributed by atoms with van der Waals surface area (Å²) in [6.45, 7) is 9.88. The average molecular weight is 957 g/mol. The Bertz CT molecular complexity index is 2680. The highest BCUT2D eigenvalue weighted by Gasteiger charge is 2.61. The first kappa shape index (κ1) is 47.7. The number of carboxylic acid groups (broad SMARTS) is 1. The smallest absolute Gasteiger partial charge is 0.330 e. The summed E-state index contributed by atoms with van der Waals surface area (Å²) < 4.78 is 40.8. The Labute approximate surface area is 395 Å². The number of carbonyl (C=O) groups is 4. The van der Waals surface area contributed by atoms with Gasteiger partial charge in [-0.2, -0.15) is 4.31 Å². The van der Waals surface area contributed by atoms with Crippen molar-refractivity contribution in [3.63, 3.8) is 0 Å². The van der Waals surface area contributed by atoms with Crippen LogP contribution >= 0.6 is 11.3 Å². The second-order valence-corrected chi connectivity index (χ2v) is 22.1. The molecule has 1 unspecified atom stereocenters. The van der Waals surface area contributed by atoms with Gasteiger partial charge < -0.3 is 40.7 Å². The Morgan fingerprint density at radius 1 is 1.06 bits per heavy atom. The van der Waals surface area contributed by atoms with E-state index in [0.29, 0.717) is 52.2 Å². The van der Waals surface area contributed by atoms with E-state index in [1.165, 1.54) is 20.5 Å². The molecule has 8 rings (SSSR count). The van der Waals surface area contributed by atoms with Crippen molar-refractivity contribution in [2.45, 2.75) is 127 Å². The normalized spacial score (nSPS) is 25.1. The minimum atomic E-state index is -3.80. The SMILES string of the molecule is COc1ccc2c(O[C@@H]3C[C@H]4C(=O)N[C@]5(C(=O)O)CC5/C=C\CCCCC[C@@H](NC(=O)N[C@H](CN5Cc6ccccc6S5(=O)=O)C(C)(C)C)C(=O)N4C3)cc(-c3csc(NC(C)C)n3)nc2c1. The van der Waals surface area contributed by atoms with Crippen LogP contribution in [0.5, 0.6) is 11.5 Å². The highest BCUT2D eigenvalue weighted by molar-refractivity contribution is 7.89. The highest BCUT2D eigenvalue weighted by atomic mass is 32.2. The number of carbonyl (C=O) groups excluding carboxylic acids is 3. The number of hydrogen-bond donors (Lipinski definition) is 5. The van der Waals surface area contributed by atoms with Crippen LogP contribution in [0.15, 0.2) is 71.0 Å². The van der Waals surface area contributed by atoms with Gasteiger partial charge in [-0.05, 0) is 68.7 Å². The van der Waals surface area contributed by atoms with Crippen molar-refractivity contribution >= 4 is 61.2 Å². The number of methoxy groups -OCH3 is 1. The number of aromatic nitrogens is 2. The molecule has 2 aromatic heterocycles. The molecule has 358 valence electrons. The molecule has 0 radical (unpaired) electrons. The molecule has 1 saturated carbocycles. The Morgan fingerprint density at radius 3 is 2.58 bits per heavy atom. The molecule has 5 N–H and O–H groups in total. The number of urea groups is 1. The Balaban J connectivity index is 1.08. The zero-order valence-corrected chi connectivity index (χ0v) is 40.3. The maximum atomic E-state index is 15.0. The minimum absolute atomic E-state index is 0.00354. The van der Waals surface area contributed by atoms with Crippen molar-refractivity contribution in [1.82, 2.24) is 35.1 Å². The van der Waals surface area contributed by atoms with Crippen LogP contribution in [0.4, 0.5) is 9.93 Å². The molecule has 5 heterocycles. The van der Waals surface area contributed by atoms with E-state index in [0.717, 1.165) is 18.0 Å². The summed E-state index contributed by atoms with van der Waals surface area (Å²) >= 11 is 1.45. The van der Waals surface area contributed by atoms with E-state index >= 15 is 4.79 Å². The first-order chi connectivity index (χ1) is 31.9. The lowest BCUT2D eigenvalue weighted by Crippen LogP contribution is -2.59. The number of thiazole rings is 1. The van der Waals surface area contributed by atoms with Crippen LogP contribution in [0.3, 0.4) is 0 Å². The average Bonchev–Trinajstić information content (AvgIpc) is 3.51. The molecule has 0 spiro atoms. The molecule has 4 aromatic rings. The number of rotatable bonds is 11. The Hall–Kier alpha value is -5.79. The number of sulfonamides is 1. The number of hydrogen-bond acceptors (Lipinski definition) is 12. The molecule has 67 heavy (non-hydrogen) atoms. The van der Waals surface area contributed by atoms with Crippen molar-refractivity contribution in [2.24, 2.45) is 11.3 Å². The van der Waals surface area contributed by atoms with Crippen LogP contribution in [-0.2, 0) is 31.0 Å². The first-order valence-electron chi connectivity index (χ1n) is 22.9. The molecule has 2 aromatic carbocycles. The van der Waals surface area contributed by atoms with E-state index in [1.807, 2.05) is 58.2 Å². The van der Waals surface area contributed by atoms with Gasteiger partial charge in [-0.25, -0.2) is 28.0 Å². The molecule has 4 amide bonds. The van der Waals surface area contributed by atoms with Crippen LogP contribution in [0.2, 0.25) is 0 Å².